The molecule has 0 aromatic rings. The van der Waals surface area contributed by atoms with Crippen LogP contribution in [0.2, 0.25) is 0 Å². The summed E-state index contributed by atoms with van der Waals surface area (Å²) in [5.41, 5.74) is 0. The van der Waals surface area contributed by atoms with Gasteiger partial charge in [0.15, 0.2) is 0 Å². The van der Waals surface area contributed by atoms with Crippen LogP contribution in [0.3, 0.4) is 0 Å². The average molecular weight is 229 g/mol. The zero-order chi connectivity index (χ0) is 12.6. The van der Waals surface area contributed by atoms with Gasteiger partial charge < -0.3 is 10.1 Å². The topological polar surface area (TPSA) is 21.3 Å². The Hall–Kier alpha value is -0.0800. The first-order valence-corrected chi connectivity index (χ1v) is 6.76. The molecule has 98 valence electrons. The monoisotopic (exact) mass is 229 g/mol. The van der Waals surface area contributed by atoms with Crippen LogP contribution in [0.1, 0.15) is 54.4 Å². The molecule has 0 aromatic heterocycles. The maximum Gasteiger partial charge on any atom is 0.0594 e. The second kappa shape index (κ2) is 9.00. The SMILES string of the molecule is CC(C)CC(CC(C)C)NCCOC(C)C. The van der Waals surface area contributed by atoms with Gasteiger partial charge >= 0.3 is 0 Å². The molecular formula is C14H31NO. The van der Waals surface area contributed by atoms with E-state index < -0.39 is 0 Å². The zero-order valence-corrected chi connectivity index (χ0v) is 12.0. The molecular weight excluding hydrogens is 198 g/mol. The van der Waals surface area contributed by atoms with Gasteiger partial charge in [0, 0.05) is 12.6 Å². The van der Waals surface area contributed by atoms with E-state index in [2.05, 4.69) is 46.9 Å². The minimum Gasteiger partial charge on any atom is -0.377 e. The van der Waals surface area contributed by atoms with Crippen LogP contribution in [0, 0.1) is 11.8 Å². The molecule has 0 aromatic carbocycles. The molecule has 0 atom stereocenters. The first kappa shape index (κ1) is 15.9. The third-order valence-corrected chi connectivity index (χ3v) is 2.50. The van der Waals surface area contributed by atoms with Gasteiger partial charge in [-0.25, -0.2) is 0 Å². The first-order valence-electron chi connectivity index (χ1n) is 6.76. The van der Waals surface area contributed by atoms with Gasteiger partial charge in [-0.1, -0.05) is 27.7 Å². The van der Waals surface area contributed by atoms with E-state index in [1.54, 1.807) is 0 Å². The van der Waals surface area contributed by atoms with Crippen molar-refractivity contribution in [3.8, 4) is 0 Å². The van der Waals surface area contributed by atoms with Gasteiger partial charge in [0.25, 0.3) is 0 Å². The maximum atomic E-state index is 5.54. The molecule has 16 heavy (non-hydrogen) atoms. The summed E-state index contributed by atoms with van der Waals surface area (Å²) in [6.45, 7) is 15.1. The van der Waals surface area contributed by atoms with Crippen LogP contribution < -0.4 is 5.32 Å². The lowest BCUT2D eigenvalue weighted by molar-refractivity contribution is 0.0784. The van der Waals surface area contributed by atoms with E-state index in [-0.39, 0.29) is 0 Å². The molecule has 0 aliphatic carbocycles. The Balaban J connectivity index is 3.73. The molecule has 0 radical (unpaired) electrons. The largest absolute Gasteiger partial charge is 0.377 e. The third-order valence-electron chi connectivity index (χ3n) is 2.50. The summed E-state index contributed by atoms with van der Waals surface area (Å²) < 4.78 is 5.54. The molecule has 0 fully saturated rings. The van der Waals surface area contributed by atoms with E-state index in [1.165, 1.54) is 12.8 Å². The van der Waals surface area contributed by atoms with Crippen LogP contribution in [-0.4, -0.2) is 25.3 Å². The molecule has 0 spiro atoms. The smallest absolute Gasteiger partial charge is 0.0594 e. The number of ether oxygens (including phenoxy) is 1. The standard InChI is InChI=1S/C14H31NO/c1-11(2)9-14(10-12(3)4)15-7-8-16-13(5)6/h11-15H,7-10H2,1-6H3. The predicted octanol–water partition coefficient (Wildman–Crippen LogP) is 3.46. The molecule has 1 N–H and O–H groups in total. The average Bonchev–Trinajstić information content (AvgIpc) is 2.09. The summed E-state index contributed by atoms with van der Waals surface area (Å²) >= 11 is 0. The summed E-state index contributed by atoms with van der Waals surface area (Å²) in [6.07, 6.45) is 2.87. The highest BCUT2D eigenvalue weighted by Gasteiger charge is 2.11. The molecule has 0 saturated carbocycles. The van der Waals surface area contributed by atoms with Gasteiger partial charge in [0.05, 0.1) is 12.7 Å². The van der Waals surface area contributed by atoms with Gasteiger partial charge in [0.1, 0.15) is 0 Å². The Labute approximate surface area is 102 Å². The zero-order valence-electron chi connectivity index (χ0n) is 12.0. The predicted molar refractivity (Wildman–Crippen MR) is 71.8 cm³/mol. The van der Waals surface area contributed by atoms with Gasteiger partial charge in [-0.3, -0.25) is 0 Å². The van der Waals surface area contributed by atoms with Crippen molar-refractivity contribution in [1.29, 1.82) is 0 Å². The summed E-state index contributed by atoms with van der Waals surface area (Å²) in [5, 5.41) is 3.61. The number of hydrogen-bond acceptors (Lipinski definition) is 2. The van der Waals surface area contributed by atoms with Gasteiger partial charge in [-0.05, 0) is 38.5 Å². The highest BCUT2D eigenvalue weighted by molar-refractivity contribution is 4.70. The summed E-state index contributed by atoms with van der Waals surface area (Å²) in [4.78, 5) is 0. The van der Waals surface area contributed by atoms with Gasteiger partial charge in [0.2, 0.25) is 0 Å². The molecule has 0 unspecified atom stereocenters. The lowest BCUT2D eigenvalue weighted by Crippen LogP contribution is -2.34. The lowest BCUT2D eigenvalue weighted by atomic mass is 9.96. The van der Waals surface area contributed by atoms with Crippen molar-refractivity contribution < 1.29 is 4.74 Å². The maximum absolute atomic E-state index is 5.54. The molecule has 0 aliphatic heterocycles. The minimum atomic E-state index is 0.343. The fourth-order valence-electron chi connectivity index (χ4n) is 1.96. The van der Waals surface area contributed by atoms with Crippen LogP contribution in [0.25, 0.3) is 0 Å². The van der Waals surface area contributed by atoms with E-state index in [0.717, 1.165) is 25.0 Å². The summed E-state index contributed by atoms with van der Waals surface area (Å²) in [6, 6.07) is 0.649. The van der Waals surface area contributed by atoms with E-state index in [4.69, 9.17) is 4.74 Å². The van der Waals surface area contributed by atoms with E-state index in [9.17, 15) is 0 Å². The quantitative estimate of drug-likeness (QED) is 0.611. The highest BCUT2D eigenvalue weighted by Crippen LogP contribution is 2.12. The normalized spacial score (nSPS) is 12.4. The van der Waals surface area contributed by atoms with Crippen LogP contribution in [0.5, 0.6) is 0 Å². The Morgan fingerprint density at radius 1 is 0.875 bits per heavy atom. The number of hydrogen-bond donors (Lipinski definition) is 1. The fourth-order valence-corrected chi connectivity index (χ4v) is 1.96. The van der Waals surface area contributed by atoms with Crippen molar-refractivity contribution in [3.05, 3.63) is 0 Å². The Kier molecular flexibility index (Phi) is 8.96. The van der Waals surface area contributed by atoms with Crippen LogP contribution in [-0.2, 0) is 4.74 Å². The van der Waals surface area contributed by atoms with Crippen molar-refractivity contribution in [1.82, 2.24) is 5.32 Å². The molecule has 2 nitrogen and oxygen atoms in total. The van der Waals surface area contributed by atoms with Gasteiger partial charge in [-0.2, -0.15) is 0 Å². The molecule has 0 aliphatic rings. The van der Waals surface area contributed by atoms with Crippen molar-refractivity contribution >= 4 is 0 Å². The molecule has 0 heterocycles. The number of rotatable bonds is 9. The van der Waals surface area contributed by atoms with E-state index in [0.29, 0.717) is 12.1 Å². The van der Waals surface area contributed by atoms with E-state index in [1.807, 2.05) is 0 Å². The molecule has 0 saturated heterocycles. The van der Waals surface area contributed by atoms with Crippen molar-refractivity contribution in [2.24, 2.45) is 11.8 Å². The van der Waals surface area contributed by atoms with Crippen molar-refractivity contribution in [3.63, 3.8) is 0 Å². The van der Waals surface area contributed by atoms with Crippen molar-refractivity contribution in [2.45, 2.75) is 66.5 Å². The van der Waals surface area contributed by atoms with Crippen LogP contribution in [0.15, 0.2) is 0 Å². The van der Waals surface area contributed by atoms with E-state index >= 15 is 0 Å². The van der Waals surface area contributed by atoms with Crippen LogP contribution >= 0.6 is 0 Å². The Bertz CT molecular complexity index is 145. The first-order chi connectivity index (χ1) is 7.41. The summed E-state index contributed by atoms with van der Waals surface area (Å²) in [5.74, 6) is 1.53. The minimum absolute atomic E-state index is 0.343. The molecule has 0 bridgehead atoms. The second-order valence-corrected chi connectivity index (χ2v) is 5.83. The fraction of sp³-hybridized carbons (Fsp3) is 1.00. The highest BCUT2D eigenvalue weighted by atomic mass is 16.5. The number of nitrogens with one attached hydrogen (secondary N) is 1. The van der Waals surface area contributed by atoms with Gasteiger partial charge in [-0.15, -0.1) is 0 Å². The Morgan fingerprint density at radius 3 is 1.75 bits per heavy atom. The second-order valence-electron chi connectivity index (χ2n) is 5.83. The molecule has 0 amide bonds. The van der Waals surface area contributed by atoms with Crippen LogP contribution in [0.4, 0.5) is 0 Å². The lowest BCUT2D eigenvalue weighted by Gasteiger charge is -2.22. The summed E-state index contributed by atoms with van der Waals surface area (Å²) in [7, 11) is 0. The van der Waals surface area contributed by atoms with Crippen molar-refractivity contribution in [2.75, 3.05) is 13.2 Å². The Morgan fingerprint density at radius 2 is 1.38 bits per heavy atom. The molecule has 0 rings (SSSR count). The molecule has 2 heteroatoms. The third kappa shape index (κ3) is 10.4.